The Labute approximate surface area is 115 Å². The zero-order chi connectivity index (χ0) is 14.3. The minimum Gasteiger partial charge on any atom is -0.372 e. The number of nitrogens with zero attached hydrogens (tertiary/aromatic N) is 1. The highest BCUT2D eigenvalue weighted by Crippen LogP contribution is 2.16. The molecule has 1 aromatic rings. The summed E-state index contributed by atoms with van der Waals surface area (Å²) >= 11 is 1.47. The first-order valence-electron chi connectivity index (χ1n) is 6.22. The van der Waals surface area contributed by atoms with E-state index in [4.69, 9.17) is 0 Å². The van der Waals surface area contributed by atoms with Crippen LogP contribution in [0.25, 0.3) is 0 Å². The Kier molecular flexibility index (Phi) is 6.74. The van der Waals surface area contributed by atoms with Crippen molar-refractivity contribution in [2.45, 2.75) is 38.9 Å². The molecule has 0 fully saturated rings. The average Bonchev–Trinajstić information content (AvgIpc) is 2.71. The molecule has 1 unspecified atom stereocenters. The molecular weight excluding hydrogens is 277 g/mol. The van der Waals surface area contributed by atoms with E-state index >= 15 is 0 Å². The molecule has 1 N–H and O–H groups in total. The van der Waals surface area contributed by atoms with Gasteiger partial charge >= 0.3 is 6.18 Å². The fourth-order valence-corrected chi connectivity index (χ4v) is 2.43. The van der Waals surface area contributed by atoms with Crippen molar-refractivity contribution in [2.24, 2.45) is 0 Å². The van der Waals surface area contributed by atoms with E-state index in [0.29, 0.717) is 12.5 Å². The van der Waals surface area contributed by atoms with Crippen molar-refractivity contribution in [3.63, 3.8) is 0 Å². The van der Waals surface area contributed by atoms with E-state index in [2.05, 4.69) is 22.0 Å². The van der Waals surface area contributed by atoms with Crippen molar-refractivity contribution in [2.75, 3.05) is 19.8 Å². The van der Waals surface area contributed by atoms with E-state index in [1.165, 1.54) is 11.3 Å². The van der Waals surface area contributed by atoms with E-state index < -0.39 is 12.8 Å². The second-order valence-electron chi connectivity index (χ2n) is 4.31. The molecular formula is C12H19F3N2OS. The molecule has 0 spiro atoms. The van der Waals surface area contributed by atoms with Crippen LogP contribution in [-0.2, 0) is 17.6 Å². The summed E-state index contributed by atoms with van der Waals surface area (Å²) in [6.45, 7) is 3.89. The summed E-state index contributed by atoms with van der Waals surface area (Å²) in [4.78, 5) is 4.38. The standard InChI is InChI=1S/C12H19F3N2OS/c1-3-16-9(2)6-10-7-19-11(17-10)4-5-18-8-12(13,14)15/h7,9,16H,3-6,8H2,1-2H3. The molecule has 0 bridgehead atoms. The van der Waals surface area contributed by atoms with Gasteiger partial charge in [0.2, 0.25) is 0 Å². The Balaban J connectivity index is 2.27. The molecule has 0 saturated heterocycles. The van der Waals surface area contributed by atoms with Gasteiger partial charge in [-0.25, -0.2) is 4.98 Å². The van der Waals surface area contributed by atoms with Crippen molar-refractivity contribution in [1.82, 2.24) is 10.3 Å². The van der Waals surface area contributed by atoms with Crippen molar-refractivity contribution in [3.8, 4) is 0 Å². The first-order valence-corrected chi connectivity index (χ1v) is 7.10. The van der Waals surface area contributed by atoms with Crippen LogP contribution < -0.4 is 5.32 Å². The van der Waals surface area contributed by atoms with E-state index in [1.807, 2.05) is 12.3 Å². The quantitative estimate of drug-likeness (QED) is 0.749. The van der Waals surface area contributed by atoms with Gasteiger partial charge in [-0.1, -0.05) is 6.92 Å². The molecule has 1 aromatic heterocycles. The molecule has 0 aliphatic rings. The number of nitrogens with one attached hydrogen (secondary N) is 1. The summed E-state index contributed by atoms with van der Waals surface area (Å²) in [7, 11) is 0. The summed E-state index contributed by atoms with van der Waals surface area (Å²) in [6, 6.07) is 0.349. The maximum atomic E-state index is 11.9. The summed E-state index contributed by atoms with van der Waals surface area (Å²) in [5, 5.41) is 6.06. The number of alkyl halides is 3. The van der Waals surface area contributed by atoms with Gasteiger partial charge in [-0.05, 0) is 13.5 Å². The number of hydrogen-bond acceptors (Lipinski definition) is 4. The van der Waals surface area contributed by atoms with Crippen LogP contribution in [-0.4, -0.2) is 37.0 Å². The Morgan fingerprint density at radius 2 is 2.21 bits per heavy atom. The molecule has 0 aliphatic heterocycles. The van der Waals surface area contributed by atoms with E-state index in [9.17, 15) is 13.2 Å². The lowest BCUT2D eigenvalue weighted by Crippen LogP contribution is -2.27. The van der Waals surface area contributed by atoms with E-state index in [0.717, 1.165) is 23.7 Å². The normalized spacial score (nSPS) is 13.7. The van der Waals surface area contributed by atoms with Crippen LogP contribution in [0.5, 0.6) is 0 Å². The number of rotatable bonds is 8. The number of thiazole rings is 1. The maximum absolute atomic E-state index is 11.9. The first kappa shape index (κ1) is 16.4. The molecule has 0 aliphatic carbocycles. The Bertz CT molecular complexity index is 368. The van der Waals surface area contributed by atoms with Gasteiger partial charge < -0.3 is 10.1 Å². The van der Waals surface area contributed by atoms with Crippen molar-refractivity contribution in [1.29, 1.82) is 0 Å². The summed E-state index contributed by atoms with van der Waals surface area (Å²) in [6.07, 6.45) is -3.00. The molecule has 0 aromatic carbocycles. The Hall–Kier alpha value is -0.660. The van der Waals surface area contributed by atoms with Crippen LogP contribution in [0.15, 0.2) is 5.38 Å². The van der Waals surface area contributed by atoms with E-state index in [1.54, 1.807) is 0 Å². The minimum atomic E-state index is -4.25. The SMILES string of the molecule is CCNC(C)Cc1csc(CCOCC(F)(F)F)n1. The summed E-state index contributed by atoms with van der Waals surface area (Å²) < 4.78 is 40.1. The van der Waals surface area contributed by atoms with Crippen LogP contribution in [0, 0.1) is 0 Å². The number of hydrogen-bond donors (Lipinski definition) is 1. The van der Waals surface area contributed by atoms with Crippen molar-refractivity contribution in [3.05, 3.63) is 16.1 Å². The van der Waals surface area contributed by atoms with Gasteiger partial charge in [0.1, 0.15) is 6.61 Å². The van der Waals surface area contributed by atoms with Gasteiger partial charge in [0.05, 0.1) is 17.3 Å². The second kappa shape index (κ2) is 7.81. The van der Waals surface area contributed by atoms with Crippen LogP contribution in [0.2, 0.25) is 0 Å². The van der Waals surface area contributed by atoms with Crippen LogP contribution >= 0.6 is 11.3 Å². The smallest absolute Gasteiger partial charge is 0.372 e. The lowest BCUT2D eigenvalue weighted by Gasteiger charge is -2.09. The largest absolute Gasteiger partial charge is 0.411 e. The van der Waals surface area contributed by atoms with Gasteiger partial charge in [0, 0.05) is 24.3 Å². The third-order valence-electron chi connectivity index (χ3n) is 2.39. The number of aromatic nitrogens is 1. The lowest BCUT2D eigenvalue weighted by atomic mass is 10.2. The lowest BCUT2D eigenvalue weighted by molar-refractivity contribution is -0.173. The molecule has 0 saturated carbocycles. The predicted octanol–water partition coefficient (Wildman–Crippen LogP) is 2.81. The monoisotopic (exact) mass is 296 g/mol. The number of ether oxygens (including phenoxy) is 1. The van der Waals surface area contributed by atoms with Crippen molar-refractivity contribution < 1.29 is 17.9 Å². The third kappa shape index (κ3) is 7.49. The molecule has 1 rings (SSSR count). The highest BCUT2D eigenvalue weighted by molar-refractivity contribution is 7.09. The molecule has 110 valence electrons. The number of halogens is 3. The second-order valence-corrected chi connectivity index (χ2v) is 5.26. The number of likely N-dealkylation sites (N-methyl/N-ethyl adjacent to an activating group) is 1. The fraction of sp³-hybridized carbons (Fsp3) is 0.750. The molecule has 7 heteroatoms. The zero-order valence-corrected chi connectivity index (χ0v) is 11.9. The van der Waals surface area contributed by atoms with Crippen molar-refractivity contribution >= 4 is 11.3 Å². The molecule has 0 amide bonds. The van der Waals surface area contributed by atoms with Crippen LogP contribution in [0.4, 0.5) is 13.2 Å². The highest BCUT2D eigenvalue weighted by atomic mass is 32.1. The van der Waals surface area contributed by atoms with Gasteiger partial charge in [0.15, 0.2) is 0 Å². The summed E-state index contributed by atoms with van der Waals surface area (Å²) in [5.74, 6) is 0. The minimum absolute atomic E-state index is 0.0508. The molecule has 3 nitrogen and oxygen atoms in total. The van der Waals surface area contributed by atoms with Crippen LogP contribution in [0.1, 0.15) is 24.5 Å². The van der Waals surface area contributed by atoms with Gasteiger partial charge in [-0.2, -0.15) is 13.2 Å². The van der Waals surface area contributed by atoms with Gasteiger partial charge in [-0.15, -0.1) is 11.3 Å². The Morgan fingerprint density at radius 3 is 2.84 bits per heavy atom. The molecule has 19 heavy (non-hydrogen) atoms. The summed E-state index contributed by atoms with van der Waals surface area (Å²) in [5.41, 5.74) is 0.976. The Morgan fingerprint density at radius 1 is 1.47 bits per heavy atom. The van der Waals surface area contributed by atoms with Gasteiger partial charge in [-0.3, -0.25) is 0 Å². The van der Waals surface area contributed by atoms with E-state index in [-0.39, 0.29) is 6.61 Å². The van der Waals surface area contributed by atoms with Crippen LogP contribution in [0.3, 0.4) is 0 Å². The predicted molar refractivity (Wildman–Crippen MR) is 69.5 cm³/mol. The first-order chi connectivity index (χ1) is 8.90. The zero-order valence-electron chi connectivity index (χ0n) is 11.1. The van der Waals surface area contributed by atoms with Gasteiger partial charge in [0.25, 0.3) is 0 Å². The highest BCUT2D eigenvalue weighted by Gasteiger charge is 2.27. The topological polar surface area (TPSA) is 34.1 Å². The third-order valence-corrected chi connectivity index (χ3v) is 3.35. The molecule has 1 atom stereocenters. The maximum Gasteiger partial charge on any atom is 0.411 e. The molecule has 0 radical (unpaired) electrons. The molecule has 1 heterocycles. The average molecular weight is 296 g/mol. The fourth-order valence-electron chi connectivity index (χ4n) is 1.64.